The van der Waals surface area contributed by atoms with Crippen LogP contribution in [0.3, 0.4) is 0 Å². The van der Waals surface area contributed by atoms with Crippen molar-refractivity contribution in [2.24, 2.45) is 0 Å². The lowest BCUT2D eigenvalue weighted by molar-refractivity contribution is -0.147. The molecule has 35 heavy (non-hydrogen) atoms. The van der Waals surface area contributed by atoms with Gasteiger partial charge in [-0.15, -0.1) is 11.8 Å². The van der Waals surface area contributed by atoms with Crippen molar-refractivity contribution in [3.8, 4) is 11.1 Å². The van der Waals surface area contributed by atoms with Gasteiger partial charge in [0.05, 0.1) is 23.9 Å². The van der Waals surface area contributed by atoms with E-state index in [-0.39, 0.29) is 6.42 Å². The average molecular weight is 504 g/mol. The molecule has 0 amide bonds. The Kier molecular flexibility index (Phi) is 6.59. The molecule has 0 spiro atoms. The lowest BCUT2D eigenvalue weighted by Gasteiger charge is -2.27. The molecule has 2 heterocycles. The first-order valence-electron chi connectivity index (χ1n) is 10.5. The van der Waals surface area contributed by atoms with Crippen molar-refractivity contribution >= 4 is 23.4 Å². The first-order chi connectivity index (χ1) is 16.6. The van der Waals surface area contributed by atoms with Gasteiger partial charge < -0.3 is 4.74 Å². The molecule has 0 aliphatic carbocycles. The highest BCUT2D eigenvalue weighted by atomic mass is 32.2. The van der Waals surface area contributed by atoms with E-state index in [0.717, 1.165) is 12.1 Å². The summed E-state index contributed by atoms with van der Waals surface area (Å²) in [5.41, 5.74) is 0.447. The van der Waals surface area contributed by atoms with Crippen LogP contribution in [0.25, 0.3) is 16.8 Å². The molecule has 0 fully saturated rings. The van der Waals surface area contributed by atoms with E-state index in [4.69, 9.17) is 4.74 Å². The van der Waals surface area contributed by atoms with Crippen LogP contribution in [0.2, 0.25) is 0 Å². The number of methoxy groups -OCH3 is 1. The fourth-order valence-electron chi connectivity index (χ4n) is 4.11. The van der Waals surface area contributed by atoms with E-state index in [0.29, 0.717) is 33.1 Å². The predicted molar refractivity (Wildman–Crippen MR) is 125 cm³/mol. The summed E-state index contributed by atoms with van der Waals surface area (Å²) in [6.45, 7) is 1.68. The normalized spacial score (nSPS) is 13.6. The molecule has 4 aromatic rings. The molecular formula is C25H21F4N3O2S. The third kappa shape index (κ3) is 4.62. The Morgan fingerprint density at radius 1 is 1.11 bits per heavy atom. The first kappa shape index (κ1) is 24.7. The van der Waals surface area contributed by atoms with Crippen LogP contribution in [-0.2, 0) is 27.5 Å². The highest BCUT2D eigenvalue weighted by Gasteiger charge is 2.40. The van der Waals surface area contributed by atoms with Crippen LogP contribution >= 0.6 is 11.8 Å². The van der Waals surface area contributed by atoms with Crippen molar-refractivity contribution in [1.29, 1.82) is 0 Å². The van der Waals surface area contributed by atoms with Crippen LogP contribution in [0.1, 0.15) is 23.7 Å². The molecule has 4 rings (SSSR count). The minimum absolute atomic E-state index is 0.126. The van der Waals surface area contributed by atoms with E-state index in [9.17, 15) is 22.4 Å². The predicted octanol–water partition coefficient (Wildman–Crippen LogP) is 5.95. The molecule has 0 N–H and O–H groups in total. The number of hydrogen-bond acceptors (Lipinski definition) is 5. The lowest BCUT2D eigenvalue weighted by atomic mass is 9.80. The molecule has 5 nitrogen and oxygen atoms in total. The zero-order valence-corrected chi connectivity index (χ0v) is 19.9. The number of halogens is 4. The first-order valence-corrected chi connectivity index (χ1v) is 11.7. The van der Waals surface area contributed by atoms with Crippen molar-refractivity contribution in [3.05, 3.63) is 83.4 Å². The zero-order chi connectivity index (χ0) is 25.4. The number of thioether (sulfide) groups is 1. The molecule has 1 unspecified atom stereocenters. The molecule has 0 aliphatic rings. The Balaban J connectivity index is 1.90. The van der Waals surface area contributed by atoms with E-state index < -0.39 is 28.9 Å². The summed E-state index contributed by atoms with van der Waals surface area (Å²) >= 11 is 1.31. The zero-order valence-electron chi connectivity index (χ0n) is 19.1. The number of hydrogen-bond donors (Lipinski definition) is 0. The van der Waals surface area contributed by atoms with Crippen molar-refractivity contribution in [1.82, 2.24) is 14.6 Å². The Labute approximate surface area is 203 Å². The Morgan fingerprint density at radius 2 is 1.83 bits per heavy atom. The standard InChI is InChI=1S/C25H21F4N3O2S/c1-24(23(33)34-2,14-15-5-4-6-18(26)13-15)19-11-12-30-21-20(22(35-3)31-32(19)21)16-7-9-17(10-8-16)25(27,28)29/h4-13H,14H2,1-3H3. The fraction of sp³-hybridized carbons (Fsp3) is 0.240. The van der Waals surface area contributed by atoms with Gasteiger partial charge in [-0.3, -0.25) is 4.79 Å². The minimum Gasteiger partial charge on any atom is -0.468 e. The molecule has 0 radical (unpaired) electrons. The summed E-state index contributed by atoms with van der Waals surface area (Å²) in [6, 6.07) is 12.4. The number of rotatable bonds is 6. The summed E-state index contributed by atoms with van der Waals surface area (Å²) in [6.07, 6.45) is -1.02. The molecule has 2 aromatic carbocycles. The number of benzene rings is 2. The minimum atomic E-state index is -4.45. The molecule has 2 aromatic heterocycles. The monoisotopic (exact) mass is 503 g/mol. The highest BCUT2D eigenvalue weighted by Crippen LogP contribution is 2.38. The van der Waals surface area contributed by atoms with E-state index in [1.807, 2.05) is 0 Å². The molecule has 0 saturated heterocycles. The third-order valence-corrected chi connectivity index (χ3v) is 6.50. The summed E-state index contributed by atoms with van der Waals surface area (Å²) in [5, 5.41) is 5.16. The smallest absolute Gasteiger partial charge is 0.416 e. The molecule has 10 heteroatoms. The number of ether oxygens (including phenoxy) is 1. The van der Waals surface area contributed by atoms with Gasteiger partial charge in [-0.25, -0.2) is 13.9 Å². The Morgan fingerprint density at radius 3 is 2.43 bits per heavy atom. The maximum absolute atomic E-state index is 13.9. The summed E-state index contributed by atoms with van der Waals surface area (Å²) < 4.78 is 59.6. The SMILES string of the molecule is COC(=O)C(C)(Cc1cccc(F)c1)c1ccnc2c(-c3ccc(C(F)(F)F)cc3)c(SC)nn12. The van der Waals surface area contributed by atoms with Gasteiger partial charge in [-0.05, 0) is 61.1 Å². The number of nitrogens with zero attached hydrogens (tertiary/aromatic N) is 3. The highest BCUT2D eigenvalue weighted by molar-refractivity contribution is 7.98. The number of aromatic nitrogens is 3. The van der Waals surface area contributed by atoms with Gasteiger partial charge in [0.15, 0.2) is 5.65 Å². The second kappa shape index (κ2) is 9.33. The van der Waals surface area contributed by atoms with E-state index in [2.05, 4.69) is 10.1 Å². The number of alkyl halides is 3. The topological polar surface area (TPSA) is 56.5 Å². The molecule has 1 atom stereocenters. The van der Waals surface area contributed by atoms with Gasteiger partial charge in [-0.2, -0.15) is 18.3 Å². The van der Waals surface area contributed by atoms with Crippen LogP contribution < -0.4 is 0 Å². The summed E-state index contributed by atoms with van der Waals surface area (Å²) in [7, 11) is 1.27. The van der Waals surface area contributed by atoms with Crippen LogP contribution in [0.5, 0.6) is 0 Å². The van der Waals surface area contributed by atoms with Gasteiger partial charge in [-0.1, -0.05) is 24.3 Å². The van der Waals surface area contributed by atoms with E-state index in [1.165, 1.54) is 53.8 Å². The molecule has 0 saturated carbocycles. The van der Waals surface area contributed by atoms with Gasteiger partial charge in [0.25, 0.3) is 0 Å². The number of carbonyl (C=O) groups is 1. The van der Waals surface area contributed by atoms with Crippen LogP contribution in [0.15, 0.2) is 65.8 Å². The second-order valence-electron chi connectivity index (χ2n) is 8.16. The van der Waals surface area contributed by atoms with Gasteiger partial charge in [0.2, 0.25) is 0 Å². The molecule has 0 aliphatic heterocycles. The Hall–Kier alpha value is -3.40. The van der Waals surface area contributed by atoms with Crippen molar-refractivity contribution in [3.63, 3.8) is 0 Å². The van der Waals surface area contributed by atoms with Crippen LogP contribution in [0, 0.1) is 5.82 Å². The fourth-order valence-corrected chi connectivity index (χ4v) is 4.69. The maximum atomic E-state index is 13.9. The largest absolute Gasteiger partial charge is 0.468 e. The van der Waals surface area contributed by atoms with Gasteiger partial charge in [0, 0.05) is 6.20 Å². The third-order valence-electron chi connectivity index (χ3n) is 5.83. The van der Waals surface area contributed by atoms with Crippen molar-refractivity contribution < 1.29 is 27.1 Å². The van der Waals surface area contributed by atoms with Gasteiger partial charge in [0.1, 0.15) is 16.3 Å². The lowest BCUT2D eigenvalue weighted by Crippen LogP contribution is -2.38. The average Bonchev–Trinajstić information content (AvgIpc) is 3.21. The van der Waals surface area contributed by atoms with Crippen LogP contribution in [-0.4, -0.2) is 33.9 Å². The van der Waals surface area contributed by atoms with Crippen molar-refractivity contribution in [2.45, 2.75) is 30.0 Å². The molecule has 182 valence electrons. The summed E-state index contributed by atoms with van der Waals surface area (Å²) in [4.78, 5) is 17.5. The van der Waals surface area contributed by atoms with Crippen LogP contribution in [0.4, 0.5) is 17.6 Å². The Bertz CT molecular complexity index is 1390. The number of esters is 1. The number of carbonyl (C=O) groups excluding carboxylic acids is 1. The summed E-state index contributed by atoms with van der Waals surface area (Å²) in [5.74, 6) is -0.977. The number of fused-ring (bicyclic) bond motifs is 1. The van der Waals surface area contributed by atoms with E-state index >= 15 is 0 Å². The van der Waals surface area contributed by atoms with E-state index in [1.54, 1.807) is 31.4 Å². The molecule has 0 bridgehead atoms. The van der Waals surface area contributed by atoms with Crippen molar-refractivity contribution in [2.75, 3.05) is 13.4 Å². The second-order valence-corrected chi connectivity index (χ2v) is 8.95. The quantitative estimate of drug-likeness (QED) is 0.185. The molecular weight excluding hydrogens is 482 g/mol. The maximum Gasteiger partial charge on any atom is 0.416 e. The van der Waals surface area contributed by atoms with Gasteiger partial charge >= 0.3 is 12.1 Å².